The third-order valence-electron chi connectivity index (χ3n) is 4.78. The fourth-order valence-corrected chi connectivity index (χ4v) is 3.16. The first kappa shape index (κ1) is 30.6. The van der Waals surface area contributed by atoms with Crippen LogP contribution in [0.3, 0.4) is 0 Å². The Morgan fingerprint density at radius 2 is 1.06 bits per heavy atom. The number of carboxylic acids is 2. The van der Waals surface area contributed by atoms with Crippen LogP contribution < -0.4 is 16.8 Å². The van der Waals surface area contributed by atoms with Gasteiger partial charge in [0.25, 0.3) is 0 Å². The number of aliphatic hydroxyl groups excluding tert-OH is 4. The summed E-state index contributed by atoms with van der Waals surface area (Å²) in [5.41, 5.74) is 10.6. The number of nitrogens with zero attached hydrogens (tertiary/aromatic N) is 2. The highest BCUT2D eigenvalue weighted by atomic mass is 16.4. The Morgan fingerprint density at radius 3 is 1.30 bits per heavy atom. The zero-order chi connectivity index (χ0) is 25.6. The van der Waals surface area contributed by atoms with Crippen LogP contribution >= 0.6 is 0 Å². The number of nitrogens with two attached hydrogens (primary N) is 2. The monoisotopic (exact) mass is 481 g/mol. The predicted molar refractivity (Wildman–Crippen MR) is 113 cm³/mol. The summed E-state index contributed by atoms with van der Waals surface area (Å²) in [7, 11) is 0. The SMILES string of the molecule is NC(=O)C(CC(O)CO)N(CCNCCN(CC(=O)O)C(CC(O)CO)C(N)=O)CC(=O)O. The molecular formula is C18H35N5O10. The van der Waals surface area contributed by atoms with Crippen molar-refractivity contribution < 1.29 is 49.8 Å². The topological polar surface area (TPSA) is 260 Å². The molecule has 2 amide bonds. The summed E-state index contributed by atoms with van der Waals surface area (Å²) in [5.74, 6) is -4.22. The van der Waals surface area contributed by atoms with Crippen LogP contribution in [-0.4, -0.2) is 141 Å². The number of primary amides is 2. The standard InChI is InChI=1S/C18H35N5O10/c19-17(32)13(5-11(26)9-24)22(7-15(28)29)3-1-21-2-4-23(8-16(30)31)14(18(20)33)6-12(27)10-25/h11-14,21,24-27H,1-10H2,(H2,19,32)(H2,20,33)(H,28,29)(H,30,31). The Labute approximate surface area is 190 Å². The fraction of sp³-hybridized carbons (Fsp3) is 0.778. The molecule has 0 aromatic heterocycles. The van der Waals surface area contributed by atoms with Crippen LogP contribution in [0.1, 0.15) is 12.8 Å². The molecule has 0 heterocycles. The first-order chi connectivity index (χ1) is 15.4. The van der Waals surface area contributed by atoms with Crippen molar-refractivity contribution in [1.82, 2.24) is 15.1 Å². The van der Waals surface area contributed by atoms with E-state index < -0.39 is 74.3 Å². The molecule has 0 saturated heterocycles. The van der Waals surface area contributed by atoms with Crippen molar-refractivity contribution in [2.45, 2.75) is 37.1 Å². The smallest absolute Gasteiger partial charge is 0.317 e. The molecule has 0 aliphatic heterocycles. The average Bonchev–Trinajstić information content (AvgIpc) is 2.72. The van der Waals surface area contributed by atoms with Gasteiger partial charge in [0.15, 0.2) is 0 Å². The number of hydrogen-bond acceptors (Lipinski definition) is 11. The summed E-state index contributed by atoms with van der Waals surface area (Å²) in [6.07, 6.45) is -3.06. The van der Waals surface area contributed by atoms with Gasteiger partial charge in [0.05, 0.1) is 50.6 Å². The number of carbonyl (C=O) groups is 4. The van der Waals surface area contributed by atoms with Crippen LogP contribution in [0.25, 0.3) is 0 Å². The van der Waals surface area contributed by atoms with Gasteiger partial charge in [-0.25, -0.2) is 0 Å². The van der Waals surface area contributed by atoms with Crippen molar-refractivity contribution in [3.05, 3.63) is 0 Å². The highest BCUT2D eigenvalue weighted by Crippen LogP contribution is 2.09. The van der Waals surface area contributed by atoms with Gasteiger partial charge >= 0.3 is 11.9 Å². The lowest BCUT2D eigenvalue weighted by atomic mass is 10.1. The minimum Gasteiger partial charge on any atom is -0.480 e. The lowest BCUT2D eigenvalue weighted by Gasteiger charge is -2.30. The summed E-state index contributed by atoms with van der Waals surface area (Å²) >= 11 is 0. The van der Waals surface area contributed by atoms with Crippen molar-refractivity contribution in [2.75, 3.05) is 52.5 Å². The van der Waals surface area contributed by atoms with E-state index >= 15 is 0 Å². The van der Waals surface area contributed by atoms with Gasteiger partial charge in [-0.2, -0.15) is 0 Å². The van der Waals surface area contributed by atoms with E-state index in [1.54, 1.807) is 0 Å². The van der Waals surface area contributed by atoms with Gasteiger partial charge in [0.1, 0.15) is 0 Å². The second-order valence-corrected chi connectivity index (χ2v) is 7.46. The minimum atomic E-state index is -1.27. The summed E-state index contributed by atoms with van der Waals surface area (Å²) in [4.78, 5) is 48.2. The molecule has 11 N–H and O–H groups in total. The van der Waals surface area contributed by atoms with E-state index in [-0.39, 0.29) is 39.0 Å². The first-order valence-corrected chi connectivity index (χ1v) is 10.2. The molecule has 192 valence electrons. The highest BCUT2D eigenvalue weighted by Gasteiger charge is 2.29. The second kappa shape index (κ2) is 16.2. The van der Waals surface area contributed by atoms with Crippen molar-refractivity contribution in [3.8, 4) is 0 Å². The molecule has 0 rings (SSSR count). The van der Waals surface area contributed by atoms with Crippen LogP contribution in [0.4, 0.5) is 0 Å². The van der Waals surface area contributed by atoms with Crippen LogP contribution in [0, 0.1) is 0 Å². The van der Waals surface area contributed by atoms with Gasteiger partial charge in [-0.1, -0.05) is 0 Å². The lowest BCUT2D eigenvalue weighted by Crippen LogP contribution is -2.52. The predicted octanol–water partition coefficient (Wildman–Crippen LogP) is -5.46. The second-order valence-electron chi connectivity index (χ2n) is 7.46. The molecule has 4 unspecified atom stereocenters. The summed E-state index contributed by atoms with van der Waals surface area (Å²) in [5, 5.41) is 58.3. The van der Waals surface area contributed by atoms with Crippen LogP contribution in [0.15, 0.2) is 0 Å². The van der Waals surface area contributed by atoms with Gasteiger partial charge in [0.2, 0.25) is 11.8 Å². The number of rotatable bonds is 20. The van der Waals surface area contributed by atoms with Gasteiger partial charge < -0.3 is 47.4 Å². The molecule has 0 radical (unpaired) electrons. The van der Waals surface area contributed by atoms with Gasteiger partial charge in [-0.3, -0.25) is 29.0 Å². The average molecular weight is 482 g/mol. The normalized spacial score (nSPS) is 15.2. The van der Waals surface area contributed by atoms with E-state index in [9.17, 15) is 29.4 Å². The molecule has 0 aliphatic carbocycles. The molecule has 4 atom stereocenters. The fourth-order valence-electron chi connectivity index (χ4n) is 3.16. The minimum absolute atomic E-state index is 0.0134. The maximum absolute atomic E-state index is 11.7. The van der Waals surface area contributed by atoms with Gasteiger partial charge in [-0.05, 0) is 0 Å². The lowest BCUT2D eigenvalue weighted by molar-refractivity contribution is -0.141. The molecule has 0 saturated carbocycles. The molecule has 0 aliphatic rings. The number of aliphatic carboxylic acids is 2. The van der Waals surface area contributed by atoms with Crippen molar-refractivity contribution in [1.29, 1.82) is 0 Å². The summed E-state index contributed by atoms with van der Waals surface area (Å²) < 4.78 is 0. The van der Waals surface area contributed by atoms with Crippen LogP contribution in [0.5, 0.6) is 0 Å². The van der Waals surface area contributed by atoms with Crippen molar-refractivity contribution in [2.24, 2.45) is 11.5 Å². The van der Waals surface area contributed by atoms with Gasteiger partial charge in [0, 0.05) is 39.0 Å². The van der Waals surface area contributed by atoms with E-state index in [1.165, 1.54) is 9.80 Å². The third kappa shape index (κ3) is 13.0. The molecule has 0 bridgehead atoms. The molecule has 0 fully saturated rings. The Balaban J connectivity index is 5.03. The quantitative estimate of drug-likeness (QED) is 0.0736. The van der Waals surface area contributed by atoms with Crippen LogP contribution in [-0.2, 0) is 19.2 Å². The largest absolute Gasteiger partial charge is 0.480 e. The summed E-state index contributed by atoms with van der Waals surface area (Å²) in [6.45, 7) is -2.08. The van der Waals surface area contributed by atoms with Gasteiger partial charge in [-0.15, -0.1) is 0 Å². The number of aliphatic hydroxyl groups is 4. The van der Waals surface area contributed by atoms with E-state index in [4.69, 9.17) is 31.9 Å². The molecule has 0 aromatic rings. The molecule has 15 heteroatoms. The maximum Gasteiger partial charge on any atom is 0.317 e. The maximum atomic E-state index is 11.7. The van der Waals surface area contributed by atoms with E-state index in [0.717, 1.165) is 0 Å². The van der Waals surface area contributed by atoms with E-state index in [0.29, 0.717) is 0 Å². The summed E-state index contributed by atoms with van der Waals surface area (Å²) in [6, 6.07) is -2.29. The van der Waals surface area contributed by atoms with Crippen molar-refractivity contribution >= 4 is 23.8 Å². The first-order valence-electron chi connectivity index (χ1n) is 10.2. The molecule has 0 spiro atoms. The number of carboxylic acid groups (broad SMARTS) is 2. The zero-order valence-corrected chi connectivity index (χ0v) is 18.2. The van der Waals surface area contributed by atoms with Crippen molar-refractivity contribution in [3.63, 3.8) is 0 Å². The molecule has 33 heavy (non-hydrogen) atoms. The molecular weight excluding hydrogens is 446 g/mol. The number of nitrogens with one attached hydrogen (secondary N) is 1. The number of hydrogen-bond donors (Lipinski definition) is 9. The highest BCUT2D eigenvalue weighted by molar-refractivity contribution is 5.81. The Bertz CT molecular complexity index is 586. The van der Waals surface area contributed by atoms with Crippen LogP contribution in [0.2, 0.25) is 0 Å². The molecule has 15 nitrogen and oxygen atoms in total. The van der Waals surface area contributed by atoms with E-state index in [1.807, 2.05) is 0 Å². The van der Waals surface area contributed by atoms with E-state index in [2.05, 4.69) is 5.32 Å². The Kier molecular flexibility index (Phi) is 15.1. The third-order valence-corrected chi connectivity index (χ3v) is 4.78. The molecule has 0 aromatic carbocycles. The number of amides is 2. The zero-order valence-electron chi connectivity index (χ0n) is 18.2. The Hall–Kier alpha value is -2.40. The number of carbonyl (C=O) groups excluding carboxylic acids is 2. The Morgan fingerprint density at radius 1 is 0.727 bits per heavy atom.